The van der Waals surface area contributed by atoms with Gasteiger partial charge in [0, 0.05) is 25.3 Å². The first-order valence-electron chi connectivity index (χ1n) is 10.4. The van der Waals surface area contributed by atoms with Gasteiger partial charge in [0.1, 0.15) is 6.07 Å². The summed E-state index contributed by atoms with van der Waals surface area (Å²) in [6.45, 7) is 7.98. The molecule has 0 bridgehead atoms. The molecule has 0 spiro atoms. The number of hydrogen-bond acceptors (Lipinski definition) is 5. The number of sulfonamides is 1. The Hall–Kier alpha value is -2.40. The van der Waals surface area contributed by atoms with E-state index in [0.717, 1.165) is 36.7 Å². The van der Waals surface area contributed by atoms with Gasteiger partial charge in [0.2, 0.25) is 0 Å². The molecule has 30 heavy (non-hydrogen) atoms. The maximum absolute atomic E-state index is 12.4. The van der Waals surface area contributed by atoms with Gasteiger partial charge in [-0.15, -0.1) is 0 Å². The van der Waals surface area contributed by atoms with Crippen LogP contribution in [0.5, 0.6) is 0 Å². The van der Waals surface area contributed by atoms with Crippen LogP contribution in [0.15, 0.2) is 41.3 Å². The number of nitrogens with zero attached hydrogens (tertiary/aromatic N) is 2. The number of nitrogens with one attached hydrogen (secondary N) is 1. The minimum absolute atomic E-state index is 0.121. The third kappa shape index (κ3) is 6.30. The van der Waals surface area contributed by atoms with Crippen LogP contribution >= 0.6 is 0 Å². The van der Waals surface area contributed by atoms with Gasteiger partial charge in [-0.05, 0) is 59.9 Å². The molecule has 2 rings (SSSR count). The predicted molar refractivity (Wildman–Crippen MR) is 124 cm³/mol. The van der Waals surface area contributed by atoms with Crippen LogP contribution in [0.3, 0.4) is 0 Å². The Morgan fingerprint density at radius 3 is 2.37 bits per heavy atom. The molecule has 0 saturated heterocycles. The van der Waals surface area contributed by atoms with Gasteiger partial charge in [-0.3, -0.25) is 0 Å². The average molecular weight is 430 g/mol. The molecular weight excluding hydrogens is 398 g/mol. The quantitative estimate of drug-likeness (QED) is 0.526. The number of nitriles is 1. The highest BCUT2D eigenvalue weighted by atomic mass is 32.2. The first-order valence-corrected chi connectivity index (χ1v) is 11.9. The summed E-state index contributed by atoms with van der Waals surface area (Å²) >= 11 is 0. The zero-order valence-electron chi connectivity index (χ0n) is 17.9. The molecule has 0 radical (unpaired) electrons. The van der Waals surface area contributed by atoms with Crippen LogP contribution in [0, 0.1) is 11.3 Å². The van der Waals surface area contributed by atoms with Gasteiger partial charge < -0.3 is 10.0 Å². The van der Waals surface area contributed by atoms with E-state index in [1.165, 1.54) is 11.8 Å². The van der Waals surface area contributed by atoms with Crippen molar-refractivity contribution in [2.24, 2.45) is 0 Å². The highest BCUT2D eigenvalue weighted by molar-refractivity contribution is 7.93. The minimum Gasteiger partial charge on any atom is -0.392 e. The van der Waals surface area contributed by atoms with Crippen LogP contribution in [0.1, 0.15) is 45.6 Å². The van der Waals surface area contributed by atoms with Crippen LogP contribution in [-0.2, 0) is 10.0 Å². The lowest BCUT2D eigenvalue weighted by molar-refractivity contribution is 0.174. The Morgan fingerprint density at radius 2 is 1.77 bits per heavy atom. The van der Waals surface area contributed by atoms with Crippen LogP contribution in [0.4, 0.5) is 5.69 Å². The van der Waals surface area contributed by atoms with Crippen molar-refractivity contribution >= 4 is 32.6 Å². The number of aliphatic hydroxyl groups excluding tert-OH is 1. The van der Waals surface area contributed by atoms with E-state index in [1.54, 1.807) is 13.0 Å². The maximum atomic E-state index is 12.4. The Morgan fingerprint density at radius 1 is 1.13 bits per heavy atom. The first kappa shape index (κ1) is 23.9. The largest absolute Gasteiger partial charge is 0.392 e. The summed E-state index contributed by atoms with van der Waals surface area (Å²) in [7, 11) is -3.98. The number of allylic oxidation sites excluding steroid dienone is 1. The lowest BCUT2D eigenvalue weighted by atomic mass is 10.1. The second kappa shape index (κ2) is 11.1. The third-order valence-electron chi connectivity index (χ3n) is 4.88. The highest BCUT2D eigenvalue weighted by Gasteiger charge is 2.18. The summed E-state index contributed by atoms with van der Waals surface area (Å²) in [5.74, 6) is 0. The Bertz CT molecular complexity index is 1020. The van der Waals surface area contributed by atoms with Crippen LogP contribution in [-0.4, -0.2) is 39.3 Å². The summed E-state index contributed by atoms with van der Waals surface area (Å²) in [5, 5.41) is 21.0. The summed E-state index contributed by atoms with van der Waals surface area (Å²) in [6.07, 6.45) is 3.16. The van der Waals surface area contributed by atoms with E-state index < -0.39 is 16.1 Å². The van der Waals surface area contributed by atoms with Gasteiger partial charge in [-0.1, -0.05) is 39.0 Å². The van der Waals surface area contributed by atoms with E-state index in [-0.39, 0.29) is 11.4 Å². The number of anilines is 1. The second-order valence-electron chi connectivity index (χ2n) is 7.31. The molecule has 0 aliphatic carbocycles. The molecule has 2 aromatic rings. The van der Waals surface area contributed by atoms with E-state index in [4.69, 9.17) is 0 Å². The molecule has 0 heterocycles. The Kier molecular flexibility index (Phi) is 8.85. The molecule has 0 fully saturated rings. The molecule has 1 unspecified atom stereocenters. The van der Waals surface area contributed by atoms with Gasteiger partial charge in [-0.2, -0.15) is 5.26 Å². The highest BCUT2D eigenvalue weighted by Crippen LogP contribution is 2.25. The molecule has 0 aliphatic rings. The van der Waals surface area contributed by atoms with Gasteiger partial charge in [0.25, 0.3) is 10.0 Å². The summed E-state index contributed by atoms with van der Waals surface area (Å²) in [6, 6.07) is 13.6. The molecule has 7 heteroatoms. The summed E-state index contributed by atoms with van der Waals surface area (Å²) in [4.78, 5) is 1.99. The average Bonchev–Trinajstić information content (AvgIpc) is 2.75. The molecular formula is C23H31N3O3S. The topological polar surface area (TPSA) is 93.4 Å². The SMILES string of the molecule is CCCN(CCC)c1ccc2cc(/C=C(\C#N)S(=O)(=O)NCC(O)CC)ccc2c1. The smallest absolute Gasteiger partial charge is 0.250 e. The standard InChI is InChI=1S/C23H31N3O3S/c1-4-11-26(12-5-2)21-10-9-19-13-18(7-8-20(19)15-21)14-23(16-24)30(28,29)25-17-22(27)6-3/h7-10,13-15,22,25,27H,4-6,11-12,17H2,1-3H3/b23-14+. The van der Waals surface area contributed by atoms with Crippen molar-refractivity contribution in [3.05, 3.63) is 46.9 Å². The van der Waals surface area contributed by atoms with Gasteiger partial charge in [0.05, 0.1) is 6.10 Å². The van der Waals surface area contributed by atoms with Gasteiger partial charge in [0.15, 0.2) is 4.91 Å². The first-order chi connectivity index (χ1) is 14.3. The number of fused-ring (bicyclic) bond motifs is 1. The number of rotatable bonds is 11. The van der Waals surface area contributed by atoms with E-state index in [9.17, 15) is 18.8 Å². The normalized spacial score (nSPS) is 13.2. The minimum atomic E-state index is -3.98. The molecule has 0 saturated carbocycles. The van der Waals surface area contributed by atoms with E-state index in [2.05, 4.69) is 35.6 Å². The fourth-order valence-corrected chi connectivity index (χ4v) is 4.18. The van der Waals surface area contributed by atoms with E-state index in [1.807, 2.05) is 24.3 Å². The number of benzene rings is 2. The fourth-order valence-electron chi connectivity index (χ4n) is 3.20. The van der Waals surface area contributed by atoms with Crippen molar-refractivity contribution in [2.45, 2.75) is 46.1 Å². The second-order valence-corrected chi connectivity index (χ2v) is 9.05. The van der Waals surface area contributed by atoms with Gasteiger partial charge >= 0.3 is 0 Å². The number of hydrogen-bond donors (Lipinski definition) is 2. The molecule has 2 N–H and O–H groups in total. The fraction of sp³-hybridized carbons (Fsp3) is 0.435. The summed E-state index contributed by atoms with van der Waals surface area (Å²) in [5.41, 5.74) is 1.81. The van der Waals surface area contributed by atoms with Crippen molar-refractivity contribution in [1.29, 1.82) is 5.26 Å². The van der Waals surface area contributed by atoms with Gasteiger partial charge in [-0.25, -0.2) is 13.1 Å². The Labute approximate surface area is 179 Å². The molecule has 162 valence electrons. The van der Waals surface area contributed by atoms with E-state index in [0.29, 0.717) is 12.0 Å². The summed E-state index contributed by atoms with van der Waals surface area (Å²) < 4.78 is 27.0. The molecule has 0 aliphatic heterocycles. The van der Waals surface area contributed by atoms with Crippen molar-refractivity contribution in [1.82, 2.24) is 4.72 Å². The number of aliphatic hydroxyl groups is 1. The van der Waals surface area contributed by atoms with Crippen molar-refractivity contribution in [3.8, 4) is 6.07 Å². The zero-order valence-corrected chi connectivity index (χ0v) is 18.7. The monoisotopic (exact) mass is 429 g/mol. The Balaban J connectivity index is 2.31. The molecule has 1 atom stereocenters. The maximum Gasteiger partial charge on any atom is 0.250 e. The third-order valence-corrected chi connectivity index (χ3v) is 6.21. The molecule has 2 aromatic carbocycles. The van der Waals surface area contributed by atoms with Crippen molar-refractivity contribution < 1.29 is 13.5 Å². The molecule has 6 nitrogen and oxygen atoms in total. The van der Waals surface area contributed by atoms with E-state index >= 15 is 0 Å². The predicted octanol–water partition coefficient (Wildman–Crippen LogP) is 4.02. The van der Waals surface area contributed by atoms with Crippen LogP contribution in [0.2, 0.25) is 0 Å². The van der Waals surface area contributed by atoms with Crippen molar-refractivity contribution in [2.75, 3.05) is 24.5 Å². The lowest BCUT2D eigenvalue weighted by Gasteiger charge is -2.24. The zero-order chi connectivity index (χ0) is 22.1. The molecule has 0 aromatic heterocycles. The van der Waals surface area contributed by atoms with Crippen LogP contribution < -0.4 is 9.62 Å². The lowest BCUT2D eigenvalue weighted by Crippen LogP contribution is -2.32. The van der Waals surface area contributed by atoms with Crippen molar-refractivity contribution in [3.63, 3.8) is 0 Å². The van der Waals surface area contributed by atoms with Crippen LogP contribution in [0.25, 0.3) is 16.8 Å². The molecule has 0 amide bonds.